The van der Waals surface area contributed by atoms with Gasteiger partial charge in [0.1, 0.15) is 0 Å². The van der Waals surface area contributed by atoms with Crippen molar-refractivity contribution in [1.29, 1.82) is 0 Å². The second-order valence-corrected chi connectivity index (χ2v) is 5.42. The van der Waals surface area contributed by atoms with E-state index in [0.717, 1.165) is 19.5 Å². The molecule has 0 aromatic heterocycles. The standard InChI is InChI=1S/C10H10F12N4/c1-25(2)4-24-26-5(7(11,12)13,8(14,15)16)3-23-6(26,9(17,18)19)10(20,21)22/h3,24H,4H2,1-2H3. The molecule has 0 atom stereocenters. The maximum absolute atomic E-state index is 13.2. The van der Waals surface area contributed by atoms with E-state index in [2.05, 4.69) is 0 Å². The maximum Gasteiger partial charge on any atom is 0.437 e. The first-order chi connectivity index (χ1) is 11.3. The van der Waals surface area contributed by atoms with Gasteiger partial charge in [-0.25, -0.2) is 5.43 Å². The van der Waals surface area contributed by atoms with Crippen LogP contribution in [0.1, 0.15) is 0 Å². The summed E-state index contributed by atoms with van der Waals surface area (Å²) < 4.78 is 158. The molecule has 1 aliphatic rings. The lowest BCUT2D eigenvalue weighted by molar-refractivity contribution is -0.394. The van der Waals surface area contributed by atoms with Gasteiger partial charge in [-0.15, -0.1) is 0 Å². The summed E-state index contributed by atoms with van der Waals surface area (Å²) in [4.78, 5) is 2.40. The molecule has 1 aliphatic heterocycles. The first kappa shape index (κ1) is 22.8. The zero-order valence-electron chi connectivity index (χ0n) is 12.7. The molecular weight excluding hydrogens is 404 g/mol. The molecule has 0 aromatic rings. The second-order valence-electron chi connectivity index (χ2n) is 5.42. The van der Waals surface area contributed by atoms with Crippen LogP contribution >= 0.6 is 0 Å². The lowest BCUT2D eigenvalue weighted by atomic mass is 9.97. The van der Waals surface area contributed by atoms with E-state index in [4.69, 9.17) is 0 Å². The molecule has 154 valence electrons. The molecule has 0 spiro atoms. The summed E-state index contributed by atoms with van der Waals surface area (Å²) in [6, 6.07) is 0. The molecule has 4 nitrogen and oxygen atoms in total. The van der Waals surface area contributed by atoms with Gasteiger partial charge < -0.3 is 0 Å². The van der Waals surface area contributed by atoms with E-state index >= 15 is 0 Å². The summed E-state index contributed by atoms with van der Waals surface area (Å²) in [6.45, 7) is -1.22. The van der Waals surface area contributed by atoms with Crippen LogP contribution in [0.25, 0.3) is 0 Å². The molecule has 0 amide bonds. The van der Waals surface area contributed by atoms with E-state index in [1.165, 1.54) is 0 Å². The van der Waals surface area contributed by atoms with Gasteiger partial charge in [0.25, 0.3) is 5.54 Å². The SMILES string of the molecule is CN(C)CNN1C(C(F)(F)F)(C(F)(F)F)C=NC1(C(F)(F)F)C(F)(F)F. The van der Waals surface area contributed by atoms with E-state index in [1.54, 1.807) is 4.99 Å². The highest BCUT2D eigenvalue weighted by atomic mass is 19.4. The van der Waals surface area contributed by atoms with Gasteiger partial charge in [-0.05, 0) is 14.1 Å². The van der Waals surface area contributed by atoms with Gasteiger partial charge in [0.05, 0.1) is 6.67 Å². The number of nitrogens with one attached hydrogen (secondary N) is 1. The van der Waals surface area contributed by atoms with Crippen LogP contribution in [0.4, 0.5) is 52.7 Å². The normalized spacial score (nSPS) is 21.7. The topological polar surface area (TPSA) is 30.9 Å². The Morgan fingerprint density at radius 3 is 1.46 bits per heavy atom. The third-order valence-corrected chi connectivity index (χ3v) is 3.31. The van der Waals surface area contributed by atoms with Crippen molar-refractivity contribution in [3.8, 4) is 0 Å². The van der Waals surface area contributed by atoms with Gasteiger partial charge in [-0.3, -0.25) is 9.89 Å². The van der Waals surface area contributed by atoms with Gasteiger partial charge >= 0.3 is 30.4 Å². The summed E-state index contributed by atoms with van der Waals surface area (Å²) in [6.07, 6.45) is -28.0. The highest BCUT2D eigenvalue weighted by molar-refractivity contribution is 5.77. The van der Waals surface area contributed by atoms with Crippen LogP contribution in [0.3, 0.4) is 0 Å². The number of aliphatic imine (C=N–C) groups is 1. The van der Waals surface area contributed by atoms with Crippen LogP contribution in [-0.4, -0.2) is 72.8 Å². The Labute approximate surface area is 137 Å². The number of hydrazine groups is 1. The fraction of sp³-hybridized carbons (Fsp3) is 0.900. The van der Waals surface area contributed by atoms with Crippen LogP contribution in [0.5, 0.6) is 0 Å². The molecular formula is C10H10F12N4. The summed E-state index contributed by atoms with van der Waals surface area (Å²) in [5, 5.41) is -1.97. The minimum absolute atomic E-state index is 0.716. The van der Waals surface area contributed by atoms with Gasteiger partial charge in [0.15, 0.2) is 0 Å². The highest BCUT2D eigenvalue weighted by Crippen LogP contribution is 2.58. The van der Waals surface area contributed by atoms with Crippen molar-refractivity contribution >= 4 is 6.21 Å². The highest BCUT2D eigenvalue weighted by Gasteiger charge is 2.88. The second kappa shape index (κ2) is 6.12. The molecule has 0 saturated heterocycles. The predicted octanol–water partition coefficient (Wildman–Crippen LogP) is 3.08. The van der Waals surface area contributed by atoms with Crippen LogP contribution in [0.15, 0.2) is 4.99 Å². The molecule has 26 heavy (non-hydrogen) atoms. The Hall–Kier alpha value is -1.29. The van der Waals surface area contributed by atoms with E-state index in [-0.39, 0.29) is 0 Å². The minimum Gasteiger partial charge on any atom is -0.296 e. The van der Waals surface area contributed by atoms with Crippen molar-refractivity contribution < 1.29 is 52.7 Å². The fourth-order valence-electron chi connectivity index (χ4n) is 2.13. The van der Waals surface area contributed by atoms with Crippen LogP contribution in [-0.2, 0) is 0 Å². The molecule has 1 rings (SSSR count). The molecule has 0 unspecified atom stereocenters. The number of alkyl halides is 12. The van der Waals surface area contributed by atoms with Crippen LogP contribution in [0, 0.1) is 0 Å². The Morgan fingerprint density at radius 2 is 1.19 bits per heavy atom. The Bertz CT molecular complexity index is 470. The monoisotopic (exact) mass is 414 g/mol. The van der Waals surface area contributed by atoms with Gasteiger partial charge in [0.2, 0.25) is 0 Å². The summed E-state index contributed by atoms with van der Waals surface area (Å²) in [5.41, 5.74) is -10.5. The number of rotatable bonds is 3. The molecule has 1 N–H and O–H groups in total. The Balaban J connectivity index is 3.84. The molecule has 0 aromatic carbocycles. The minimum atomic E-state index is -6.67. The lowest BCUT2D eigenvalue weighted by Gasteiger charge is -2.47. The summed E-state index contributed by atoms with van der Waals surface area (Å²) in [5.74, 6) is 0. The zero-order chi connectivity index (χ0) is 21.0. The largest absolute Gasteiger partial charge is 0.437 e. The Kier molecular flexibility index (Phi) is 5.35. The molecule has 0 bridgehead atoms. The Morgan fingerprint density at radius 1 is 0.808 bits per heavy atom. The molecule has 16 heteroatoms. The van der Waals surface area contributed by atoms with Crippen molar-refractivity contribution in [2.45, 2.75) is 35.9 Å². The van der Waals surface area contributed by atoms with Gasteiger partial charge in [-0.1, -0.05) is 0 Å². The predicted molar refractivity (Wildman–Crippen MR) is 61.7 cm³/mol. The van der Waals surface area contributed by atoms with Crippen LogP contribution < -0.4 is 5.43 Å². The van der Waals surface area contributed by atoms with Crippen molar-refractivity contribution in [2.75, 3.05) is 20.8 Å². The molecule has 0 saturated carbocycles. The number of hydrogen-bond acceptors (Lipinski definition) is 4. The molecule has 0 fully saturated rings. The molecule has 0 radical (unpaired) electrons. The zero-order valence-corrected chi connectivity index (χ0v) is 12.7. The quantitative estimate of drug-likeness (QED) is 0.569. The smallest absolute Gasteiger partial charge is 0.296 e. The van der Waals surface area contributed by atoms with Crippen molar-refractivity contribution in [1.82, 2.24) is 15.3 Å². The average Bonchev–Trinajstić information content (AvgIpc) is 2.70. The summed E-state index contributed by atoms with van der Waals surface area (Å²) in [7, 11) is 1.96. The third kappa shape index (κ3) is 3.11. The maximum atomic E-state index is 13.2. The van der Waals surface area contributed by atoms with Crippen LogP contribution in [0.2, 0.25) is 0 Å². The van der Waals surface area contributed by atoms with Gasteiger partial charge in [0, 0.05) is 6.21 Å². The van der Waals surface area contributed by atoms with E-state index < -0.39 is 53.8 Å². The molecule has 0 aliphatic carbocycles. The number of halogens is 12. The van der Waals surface area contributed by atoms with E-state index in [1.807, 2.05) is 0 Å². The lowest BCUT2D eigenvalue weighted by Crippen LogP contribution is -2.79. The fourth-order valence-corrected chi connectivity index (χ4v) is 2.13. The van der Waals surface area contributed by atoms with Crippen molar-refractivity contribution in [3.05, 3.63) is 0 Å². The average molecular weight is 414 g/mol. The third-order valence-electron chi connectivity index (χ3n) is 3.31. The number of nitrogens with zero attached hydrogens (tertiary/aromatic N) is 3. The summed E-state index contributed by atoms with van der Waals surface area (Å²) >= 11 is 0. The van der Waals surface area contributed by atoms with Crippen molar-refractivity contribution in [2.24, 2.45) is 4.99 Å². The van der Waals surface area contributed by atoms with Crippen molar-refractivity contribution in [3.63, 3.8) is 0 Å². The van der Waals surface area contributed by atoms with E-state index in [0.29, 0.717) is 4.90 Å². The molecule has 1 heterocycles. The van der Waals surface area contributed by atoms with Gasteiger partial charge in [-0.2, -0.15) is 57.7 Å². The first-order valence-corrected chi connectivity index (χ1v) is 6.27. The van der Waals surface area contributed by atoms with E-state index in [9.17, 15) is 52.7 Å². The first-order valence-electron chi connectivity index (χ1n) is 6.27. The number of hydrogen-bond donors (Lipinski definition) is 1.